The zero-order valence-electron chi connectivity index (χ0n) is 17.8. The molecule has 1 N–H and O–H groups in total. The van der Waals surface area contributed by atoms with Gasteiger partial charge in [-0.1, -0.05) is 36.8 Å². The Kier molecular flexibility index (Phi) is 5.56. The van der Waals surface area contributed by atoms with E-state index in [-0.39, 0.29) is 24.2 Å². The molecule has 2 aromatic carbocycles. The molecule has 3 amide bonds. The number of benzene rings is 2. The molecule has 0 saturated carbocycles. The number of nitrogens with zero attached hydrogens (tertiary/aromatic N) is 4. The number of para-hydroxylation sites is 1. The normalized spacial score (nSPS) is 16.7. The van der Waals surface area contributed by atoms with Gasteiger partial charge in [0.2, 0.25) is 0 Å². The van der Waals surface area contributed by atoms with Gasteiger partial charge in [-0.15, -0.1) is 0 Å². The third kappa shape index (κ3) is 3.94. The number of H-pyrrole nitrogens is 1. The van der Waals surface area contributed by atoms with Crippen molar-refractivity contribution in [2.75, 3.05) is 18.1 Å². The molecule has 2 heterocycles. The van der Waals surface area contributed by atoms with Crippen molar-refractivity contribution >= 4 is 28.5 Å². The van der Waals surface area contributed by atoms with E-state index in [9.17, 15) is 14.4 Å². The fraction of sp³-hybridized carbons (Fsp3) is 0.304. The lowest BCUT2D eigenvalue weighted by Crippen LogP contribution is -2.42. The van der Waals surface area contributed by atoms with Gasteiger partial charge in [0.05, 0.1) is 24.1 Å². The van der Waals surface area contributed by atoms with Crippen LogP contribution >= 0.6 is 0 Å². The number of aryl methyl sites for hydroxylation is 1. The highest BCUT2D eigenvalue weighted by molar-refractivity contribution is 6.14. The summed E-state index contributed by atoms with van der Waals surface area (Å²) in [6.07, 6.45) is 0. The monoisotopic (exact) mass is 419 g/mol. The first-order valence-corrected chi connectivity index (χ1v) is 10.3. The van der Waals surface area contributed by atoms with Crippen molar-refractivity contribution in [3.8, 4) is 0 Å². The standard InChI is InChI=1S/C23H25N5O3/c1-4-26(13-20-24-19-8-6-5-7-18(19)21(29)25-20)14-27-22(30)16(3)28(23(27)31)17-11-9-15(2)10-12-17/h5-12,16H,4,13-14H2,1-3H3,(H,24,25,29)/t16-/m1/s1. The molecule has 4 rings (SSSR count). The molecular weight excluding hydrogens is 394 g/mol. The highest BCUT2D eigenvalue weighted by atomic mass is 16.2. The van der Waals surface area contributed by atoms with Crippen LogP contribution in [0, 0.1) is 6.92 Å². The number of aromatic amines is 1. The highest BCUT2D eigenvalue weighted by Crippen LogP contribution is 2.26. The summed E-state index contributed by atoms with van der Waals surface area (Å²) in [4.78, 5) is 50.3. The first-order chi connectivity index (χ1) is 14.9. The van der Waals surface area contributed by atoms with Crippen LogP contribution in [0.1, 0.15) is 25.2 Å². The third-order valence-corrected chi connectivity index (χ3v) is 5.58. The minimum Gasteiger partial charge on any atom is -0.309 e. The van der Waals surface area contributed by atoms with Gasteiger partial charge in [0, 0.05) is 5.69 Å². The van der Waals surface area contributed by atoms with E-state index in [1.165, 1.54) is 9.80 Å². The molecule has 0 unspecified atom stereocenters. The van der Waals surface area contributed by atoms with E-state index in [1.54, 1.807) is 25.1 Å². The van der Waals surface area contributed by atoms with Gasteiger partial charge in [0.25, 0.3) is 11.5 Å². The second kappa shape index (κ2) is 8.31. The van der Waals surface area contributed by atoms with Crippen molar-refractivity contribution in [1.82, 2.24) is 19.8 Å². The van der Waals surface area contributed by atoms with Gasteiger partial charge in [0.15, 0.2) is 0 Å². The molecule has 160 valence electrons. The molecule has 0 bridgehead atoms. The minimum absolute atomic E-state index is 0.122. The highest BCUT2D eigenvalue weighted by Gasteiger charge is 2.43. The summed E-state index contributed by atoms with van der Waals surface area (Å²) in [5.41, 5.74) is 2.19. The van der Waals surface area contributed by atoms with Crippen molar-refractivity contribution in [1.29, 1.82) is 0 Å². The number of nitrogens with one attached hydrogen (secondary N) is 1. The van der Waals surface area contributed by atoms with Crippen LogP contribution in [0.5, 0.6) is 0 Å². The lowest BCUT2D eigenvalue weighted by Gasteiger charge is -2.25. The summed E-state index contributed by atoms with van der Waals surface area (Å²) in [5.74, 6) is 0.247. The van der Waals surface area contributed by atoms with E-state index in [4.69, 9.17) is 0 Å². The average molecular weight is 419 g/mol. The first kappa shape index (κ1) is 20.7. The number of anilines is 1. The van der Waals surface area contributed by atoms with Crippen LogP contribution in [0.15, 0.2) is 53.3 Å². The number of hydrogen-bond acceptors (Lipinski definition) is 5. The van der Waals surface area contributed by atoms with Crippen molar-refractivity contribution in [2.24, 2.45) is 0 Å². The van der Waals surface area contributed by atoms with Crippen molar-refractivity contribution in [3.63, 3.8) is 0 Å². The Morgan fingerprint density at radius 1 is 1.06 bits per heavy atom. The Morgan fingerprint density at radius 2 is 1.77 bits per heavy atom. The van der Waals surface area contributed by atoms with Gasteiger partial charge >= 0.3 is 6.03 Å². The van der Waals surface area contributed by atoms with E-state index in [0.717, 1.165) is 5.56 Å². The van der Waals surface area contributed by atoms with Crippen molar-refractivity contribution < 1.29 is 9.59 Å². The van der Waals surface area contributed by atoms with E-state index >= 15 is 0 Å². The SMILES string of the molecule is CCN(Cc1nc2ccccc2c(=O)[nH]1)CN1C(=O)[C@@H](C)N(c2ccc(C)cc2)C1=O. The minimum atomic E-state index is -0.576. The number of aromatic nitrogens is 2. The predicted octanol–water partition coefficient (Wildman–Crippen LogP) is 2.87. The van der Waals surface area contributed by atoms with Gasteiger partial charge in [0.1, 0.15) is 11.9 Å². The molecule has 1 fully saturated rings. The zero-order valence-corrected chi connectivity index (χ0v) is 17.8. The number of imide groups is 1. The quantitative estimate of drug-likeness (QED) is 0.621. The van der Waals surface area contributed by atoms with Crippen LogP contribution in [0.25, 0.3) is 10.9 Å². The van der Waals surface area contributed by atoms with Gasteiger partial charge in [-0.05, 0) is 44.7 Å². The molecule has 1 atom stereocenters. The smallest absolute Gasteiger partial charge is 0.309 e. The fourth-order valence-corrected chi connectivity index (χ4v) is 3.78. The molecule has 8 heteroatoms. The molecule has 8 nitrogen and oxygen atoms in total. The number of urea groups is 1. The summed E-state index contributed by atoms with van der Waals surface area (Å²) < 4.78 is 0. The molecule has 0 spiro atoms. The molecule has 31 heavy (non-hydrogen) atoms. The predicted molar refractivity (Wildman–Crippen MR) is 119 cm³/mol. The van der Waals surface area contributed by atoms with Crippen LogP contribution in [0.4, 0.5) is 10.5 Å². The fourth-order valence-electron chi connectivity index (χ4n) is 3.78. The Hall–Kier alpha value is -3.52. The number of hydrogen-bond donors (Lipinski definition) is 1. The second-order valence-corrected chi connectivity index (χ2v) is 7.75. The van der Waals surface area contributed by atoms with Crippen LogP contribution in [0.2, 0.25) is 0 Å². The Balaban J connectivity index is 1.54. The second-order valence-electron chi connectivity index (χ2n) is 7.75. The number of carbonyl (C=O) groups excluding carboxylic acids is 2. The maximum Gasteiger partial charge on any atom is 0.333 e. The van der Waals surface area contributed by atoms with E-state index < -0.39 is 6.04 Å². The molecule has 0 radical (unpaired) electrons. The van der Waals surface area contributed by atoms with Gasteiger partial charge in [-0.25, -0.2) is 14.7 Å². The topological polar surface area (TPSA) is 89.6 Å². The van der Waals surface area contributed by atoms with Crippen LogP contribution in [-0.2, 0) is 11.3 Å². The van der Waals surface area contributed by atoms with Crippen molar-refractivity contribution in [3.05, 3.63) is 70.3 Å². The largest absolute Gasteiger partial charge is 0.333 e. The molecular formula is C23H25N5O3. The van der Waals surface area contributed by atoms with Gasteiger partial charge < -0.3 is 4.98 Å². The zero-order chi connectivity index (χ0) is 22.1. The van der Waals surface area contributed by atoms with Gasteiger partial charge in [-0.3, -0.25) is 19.4 Å². The summed E-state index contributed by atoms with van der Waals surface area (Å²) in [5, 5.41) is 0.529. The number of fused-ring (bicyclic) bond motifs is 1. The molecule has 1 saturated heterocycles. The maximum absolute atomic E-state index is 13.1. The van der Waals surface area contributed by atoms with Crippen LogP contribution < -0.4 is 10.5 Å². The number of rotatable bonds is 6. The lowest BCUT2D eigenvalue weighted by atomic mass is 10.2. The van der Waals surface area contributed by atoms with Crippen LogP contribution in [0.3, 0.4) is 0 Å². The molecule has 1 aromatic heterocycles. The molecule has 0 aliphatic carbocycles. The maximum atomic E-state index is 13.1. The number of amides is 3. The van der Waals surface area contributed by atoms with Crippen LogP contribution in [-0.4, -0.2) is 51.0 Å². The summed E-state index contributed by atoms with van der Waals surface area (Å²) in [7, 11) is 0. The Morgan fingerprint density at radius 3 is 2.48 bits per heavy atom. The van der Waals surface area contributed by atoms with Crippen molar-refractivity contribution in [2.45, 2.75) is 33.4 Å². The van der Waals surface area contributed by atoms with E-state index in [0.29, 0.717) is 35.5 Å². The van der Waals surface area contributed by atoms with E-state index in [1.807, 2.05) is 49.1 Å². The lowest BCUT2D eigenvalue weighted by molar-refractivity contribution is -0.128. The molecule has 1 aliphatic rings. The summed E-state index contributed by atoms with van der Waals surface area (Å²) >= 11 is 0. The third-order valence-electron chi connectivity index (χ3n) is 5.58. The Bertz CT molecular complexity index is 1190. The first-order valence-electron chi connectivity index (χ1n) is 10.3. The van der Waals surface area contributed by atoms with Gasteiger partial charge in [-0.2, -0.15) is 0 Å². The number of carbonyl (C=O) groups is 2. The Labute approximate surface area is 180 Å². The molecule has 1 aliphatic heterocycles. The molecule has 3 aromatic rings. The average Bonchev–Trinajstić information content (AvgIpc) is 2.97. The summed E-state index contributed by atoms with van der Waals surface area (Å²) in [6.45, 7) is 6.65. The van der Waals surface area contributed by atoms with E-state index in [2.05, 4.69) is 9.97 Å². The summed E-state index contributed by atoms with van der Waals surface area (Å²) in [6, 6.07) is 13.8.